The predicted octanol–water partition coefficient (Wildman–Crippen LogP) is 4.73. The van der Waals surface area contributed by atoms with Crippen LogP contribution in [0, 0.1) is 5.82 Å². The molecule has 1 N–H and O–H groups in total. The van der Waals surface area contributed by atoms with Gasteiger partial charge in [0.05, 0.1) is 21.8 Å². The van der Waals surface area contributed by atoms with Gasteiger partial charge in [-0.15, -0.1) is 0 Å². The van der Waals surface area contributed by atoms with E-state index in [1.165, 1.54) is 29.2 Å². The number of halogens is 4. The van der Waals surface area contributed by atoms with Gasteiger partial charge < -0.3 is 5.32 Å². The molecule has 1 amide bonds. The second-order valence-corrected chi connectivity index (χ2v) is 6.43. The summed E-state index contributed by atoms with van der Waals surface area (Å²) in [7, 11) is 0. The lowest BCUT2D eigenvalue weighted by Gasteiger charge is -2.11. The number of amides is 1. The molecular weight excluding hydrogens is 422 g/mol. The molecule has 5 nitrogen and oxygen atoms in total. The van der Waals surface area contributed by atoms with Crippen LogP contribution in [0.2, 0.25) is 10.0 Å². The van der Waals surface area contributed by atoms with Gasteiger partial charge in [0.25, 0.3) is 5.91 Å². The number of aromatic nitrogens is 3. The van der Waals surface area contributed by atoms with E-state index < -0.39 is 11.7 Å². The summed E-state index contributed by atoms with van der Waals surface area (Å²) in [5, 5.41) is 7.05. The molecule has 3 rings (SSSR count). The first-order valence-corrected chi connectivity index (χ1v) is 8.12. The number of carbonyl (C=O) groups excluding carboxylic acids is 1. The van der Waals surface area contributed by atoms with Crippen molar-refractivity contribution in [2.45, 2.75) is 0 Å². The third kappa shape index (κ3) is 3.43. The lowest BCUT2D eigenvalue weighted by Crippen LogP contribution is -2.17. The predicted molar refractivity (Wildman–Crippen MR) is 93.4 cm³/mol. The van der Waals surface area contributed by atoms with Crippen molar-refractivity contribution in [3.8, 4) is 5.69 Å². The van der Waals surface area contributed by atoms with Crippen LogP contribution in [-0.2, 0) is 0 Å². The fourth-order valence-electron chi connectivity index (χ4n) is 2.02. The van der Waals surface area contributed by atoms with Crippen LogP contribution in [0.4, 0.5) is 10.2 Å². The second kappa shape index (κ2) is 6.88. The lowest BCUT2D eigenvalue weighted by molar-refractivity contribution is 0.102. The highest BCUT2D eigenvalue weighted by Gasteiger charge is 2.18. The van der Waals surface area contributed by atoms with Gasteiger partial charge in [0.1, 0.15) is 11.5 Å². The Morgan fingerprint density at radius 2 is 2.08 bits per heavy atom. The summed E-state index contributed by atoms with van der Waals surface area (Å²) >= 11 is 15.1. The molecule has 0 atom stereocenters. The molecule has 0 aliphatic rings. The Balaban J connectivity index is 2.00. The molecule has 0 saturated carbocycles. The molecule has 24 heavy (non-hydrogen) atoms. The minimum atomic E-state index is -0.721. The largest absolute Gasteiger partial charge is 0.305 e. The smallest absolute Gasteiger partial charge is 0.261 e. The molecule has 0 aliphatic carbocycles. The van der Waals surface area contributed by atoms with Crippen molar-refractivity contribution in [1.82, 2.24) is 14.8 Å². The molecule has 0 saturated heterocycles. The van der Waals surface area contributed by atoms with E-state index in [1.807, 2.05) is 0 Å². The second-order valence-electron chi connectivity index (χ2n) is 4.68. The molecule has 0 aliphatic heterocycles. The number of nitrogens with zero attached hydrogens (tertiary/aromatic N) is 3. The first kappa shape index (κ1) is 16.9. The summed E-state index contributed by atoms with van der Waals surface area (Å²) < 4.78 is 16.0. The fourth-order valence-corrected chi connectivity index (χ4v) is 2.72. The van der Waals surface area contributed by atoms with Crippen molar-refractivity contribution in [2.75, 3.05) is 5.32 Å². The summed E-state index contributed by atoms with van der Waals surface area (Å²) in [6.45, 7) is 0. The molecule has 3 aromatic rings. The summed E-state index contributed by atoms with van der Waals surface area (Å²) in [6, 6.07) is 5.70. The Morgan fingerprint density at radius 1 is 1.29 bits per heavy atom. The lowest BCUT2D eigenvalue weighted by atomic mass is 10.2. The molecule has 0 unspecified atom stereocenters. The van der Waals surface area contributed by atoms with E-state index in [2.05, 4.69) is 31.3 Å². The standard InChI is InChI=1S/C15H8BrCl2FN4O/c16-8-4-12(23-7-9(17)6-21-23)14(20-5-8)22-15(24)13-10(18)2-1-3-11(13)19/h1-7H,(H,20,22,24). The van der Waals surface area contributed by atoms with E-state index in [0.29, 0.717) is 15.2 Å². The number of benzene rings is 1. The summed E-state index contributed by atoms with van der Waals surface area (Å²) in [4.78, 5) is 16.5. The zero-order chi connectivity index (χ0) is 17.3. The summed E-state index contributed by atoms with van der Waals surface area (Å²) in [6.07, 6.45) is 4.49. The molecule has 0 spiro atoms. The van der Waals surface area contributed by atoms with Crippen LogP contribution in [0.5, 0.6) is 0 Å². The topological polar surface area (TPSA) is 59.8 Å². The average molecular weight is 430 g/mol. The molecular formula is C15H8BrCl2FN4O. The number of pyridine rings is 1. The number of hydrogen-bond acceptors (Lipinski definition) is 3. The van der Waals surface area contributed by atoms with Crippen molar-refractivity contribution in [3.05, 3.63) is 68.8 Å². The van der Waals surface area contributed by atoms with Crippen molar-refractivity contribution >= 4 is 50.9 Å². The minimum absolute atomic E-state index is 0.00768. The molecule has 0 fully saturated rings. The molecule has 2 aromatic heterocycles. The van der Waals surface area contributed by atoms with Crippen molar-refractivity contribution in [2.24, 2.45) is 0 Å². The van der Waals surface area contributed by atoms with E-state index in [-0.39, 0.29) is 16.4 Å². The van der Waals surface area contributed by atoms with Crippen LogP contribution < -0.4 is 5.32 Å². The number of hydrogen-bond donors (Lipinski definition) is 1. The van der Waals surface area contributed by atoms with E-state index in [4.69, 9.17) is 23.2 Å². The average Bonchev–Trinajstić information content (AvgIpc) is 2.95. The van der Waals surface area contributed by atoms with E-state index in [1.54, 1.807) is 12.3 Å². The highest BCUT2D eigenvalue weighted by atomic mass is 79.9. The summed E-state index contributed by atoms with van der Waals surface area (Å²) in [5.74, 6) is -1.25. The Morgan fingerprint density at radius 3 is 2.75 bits per heavy atom. The molecule has 122 valence electrons. The van der Waals surface area contributed by atoms with Crippen LogP contribution in [0.1, 0.15) is 10.4 Å². The minimum Gasteiger partial charge on any atom is -0.305 e. The molecule has 0 bridgehead atoms. The van der Waals surface area contributed by atoms with Gasteiger partial charge in [-0.05, 0) is 34.1 Å². The Bertz CT molecular complexity index is 911. The molecule has 0 radical (unpaired) electrons. The van der Waals surface area contributed by atoms with Crippen LogP contribution in [-0.4, -0.2) is 20.7 Å². The highest BCUT2D eigenvalue weighted by molar-refractivity contribution is 9.10. The van der Waals surface area contributed by atoms with E-state index >= 15 is 0 Å². The van der Waals surface area contributed by atoms with Gasteiger partial charge in [0.2, 0.25) is 0 Å². The quantitative estimate of drug-likeness (QED) is 0.654. The number of rotatable bonds is 3. The zero-order valence-corrected chi connectivity index (χ0v) is 14.9. The monoisotopic (exact) mass is 428 g/mol. The van der Waals surface area contributed by atoms with Gasteiger partial charge >= 0.3 is 0 Å². The van der Waals surface area contributed by atoms with Gasteiger partial charge in [-0.3, -0.25) is 4.79 Å². The van der Waals surface area contributed by atoms with Crippen molar-refractivity contribution < 1.29 is 9.18 Å². The molecule has 9 heteroatoms. The van der Waals surface area contributed by atoms with Crippen LogP contribution in [0.3, 0.4) is 0 Å². The first-order valence-electron chi connectivity index (χ1n) is 6.57. The van der Waals surface area contributed by atoms with Gasteiger partial charge in [-0.1, -0.05) is 29.3 Å². The van der Waals surface area contributed by atoms with Crippen molar-refractivity contribution in [3.63, 3.8) is 0 Å². The maximum Gasteiger partial charge on any atom is 0.261 e. The fraction of sp³-hybridized carbons (Fsp3) is 0. The third-order valence-electron chi connectivity index (χ3n) is 3.05. The van der Waals surface area contributed by atoms with Crippen molar-refractivity contribution in [1.29, 1.82) is 0 Å². The van der Waals surface area contributed by atoms with Gasteiger partial charge in [-0.2, -0.15) is 5.10 Å². The third-order valence-corrected chi connectivity index (χ3v) is 4.00. The molecule has 2 heterocycles. The zero-order valence-electron chi connectivity index (χ0n) is 11.8. The van der Waals surface area contributed by atoms with E-state index in [0.717, 1.165) is 6.07 Å². The maximum absolute atomic E-state index is 13.9. The van der Waals surface area contributed by atoms with Gasteiger partial charge in [0.15, 0.2) is 5.82 Å². The number of anilines is 1. The van der Waals surface area contributed by atoms with Gasteiger partial charge in [-0.25, -0.2) is 14.1 Å². The Labute approximate surface area is 154 Å². The SMILES string of the molecule is O=C(Nc1ncc(Br)cc1-n1cc(Cl)cn1)c1c(F)cccc1Cl. The van der Waals surface area contributed by atoms with Crippen LogP contribution >= 0.6 is 39.1 Å². The molecule has 1 aromatic carbocycles. The van der Waals surface area contributed by atoms with Gasteiger partial charge in [0, 0.05) is 16.9 Å². The first-order chi connectivity index (χ1) is 11.5. The Hall–Kier alpha value is -1.96. The van der Waals surface area contributed by atoms with E-state index in [9.17, 15) is 9.18 Å². The number of carbonyl (C=O) groups is 1. The normalized spacial score (nSPS) is 10.7. The Kier molecular flexibility index (Phi) is 4.84. The summed E-state index contributed by atoms with van der Waals surface area (Å²) in [5.41, 5.74) is 0.199. The highest BCUT2D eigenvalue weighted by Crippen LogP contribution is 2.25. The number of nitrogens with one attached hydrogen (secondary N) is 1. The maximum atomic E-state index is 13.9. The van der Waals surface area contributed by atoms with Crippen LogP contribution in [0.15, 0.2) is 47.3 Å². The van der Waals surface area contributed by atoms with Crippen LogP contribution in [0.25, 0.3) is 5.69 Å².